The summed E-state index contributed by atoms with van der Waals surface area (Å²) in [4.78, 5) is 2.61. The minimum absolute atomic E-state index is 1.26. The largest absolute Gasteiger partial charge is 0.371 e. The molecule has 0 amide bonds. The molecule has 0 aliphatic carbocycles. The molecule has 1 aliphatic heterocycles. The van der Waals surface area contributed by atoms with Crippen LogP contribution in [-0.4, -0.2) is 13.1 Å². The topological polar surface area (TPSA) is 3.24 Å². The predicted molar refractivity (Wildman–Crippen MR) is 89.6 cm³/mol. The molecule has 1 aliphatic rings. The van der Waals surface area contributed by atoms with Crippen molar-refractivity contribution in [3.05, 3.63) is 29.8 Å². The van der Waals surface area contributed by atoms with Crippen LogP contribution >= 0.6 is 0 Å². The molecule has 1 heteroatoms. The molecule has 0 N–H and O–H groups in total. The maximum absolute atomic E-state index is 2.61. The average Bonchev–Trinajstić information content (AvgIpc) is 2.50. The van der Waals surface area contributed by atoms with Crippen LogP contribution in [-0.2, 0) is 6.42 Å². The van der Waals surface area contributed by atoms with Gasteiger partial charge in [0.2, 0.25) is 0 Å². The quantitative estimate of drug-likeness (QED) is 0.531. The van der Waals surface area contributed by atoms with Crippen molar-refractivity contribution in [1.29, 1.82) is 0 Å². The Morgan fingerprint density at radius 2 is 1.60 bits per heavy atom. The molecule has 1 nitrogen and oxygen atoms in total. The second-order valence-electron chi connectivity index (χ2n) is 6.19. The molecular formula is C19H31N. The summed E-state index contributed by atoms with van der Waals surface area (Å²) < 4.78 is 0. The number of para-hydroxylation sites is 1. The average molecular weight is 273 g/mol. The van der Waals surface area contributed by atoms with E-state index in [2.05, 4.69) is 36.1 Å². The third-order valence-corrected chi connectivity index (χ3v) is 4.49. The molecule has 0 radical (unpaired) electrons. The zero-order valence-electron chi connectivity index (χ0n) is 13.2. The molecule has 0 bridgehead atoms. The Balaban J connectivity index is 1.61. The summed E-state index contributed by atoms with van der Waals surface area (Å²) in [6.07, 6.45) is 13.9. The SMILES string of the molecule is CCCCCCCCCCN1CCCc2ccccc21. The second kappa shape index (κ2) is 9.05. The van der Waals surface area contributed by atoms with Crippen LogP contribution in [0.3, 0.4) is 0 Å². The van der Waals surface area contributed by atoms with E-state index in [0.29, 0.717) is 0 Å². The van der Waals surface area contributed by atoms with E-state index in [1.54, 1.807) is 5.56 Å². The van der Waals surface area contributed by atoms with Crippen LogP contribution < -0.4 is 4.90 Å². The van der Waals surface area contributed by atoms with E-state index in [9.17, 15) is 0 Å². The van der Waals surface area contributed by atoms with Gasteiger partial charge in [-0.1, -0.05) is 70.1 Å². The van der Waals surface area contributed by atoms with E-state index in [1.807, 2.05) is 0 Å². The van der Waals surface area contributed by atoms with Crippen LogP contribution in [0.1, 0.15) is 70.3 Å². The minimum Gasteiger partial charge on any atom is -0.371 e. The summed E-state index contributed by atoms with van der Waals surface area (Å²) in [7, 11) is 0. The van der Waals surface area contributed by atoms with Gasteiger partial charge in [-0.2, -0.15) is 0 Å². The fourth-order valence-corrected chi connectivity index (χ4v) is 3.28. The Bertz CT molecular complexity index is 372. The zero-order valence-corrected chi connectivity index (χ0v) is 13.2. The van der Waals surface area contributed by atoms with Crippen LogP contribution in [0.15, 0.2) is 24.3 Å². The van der Waals surface area contributed by atoms with Crippen LogP contribution in [0.25, 0.3) is 0 Å². The molecule has 0 saturated carbocycles. The number of fused-ring (bicyclic) bond motifs is 1. The summed E-state index contributed by atoms with van der Waals surface area (Å²) >= 11 is 0. The van der Waals surface area contributed by atoms with Crippen molar-refractivity contribution in [3.8, 4) is 0 Å². The number of rotatable bonds is 9. The van der Waals surface area contributed by atoms with Gasteiger partial charge in [0.15, 0.2) is 0 Å². The van der Waals surface area contributed by atoms with E-state index in [0.717, 1.165) is 0 Å². The van der Waals surface area contributed by atoms with Gasteiger partial charge in [0.05, 0.1) is 0 Å². The highest BCUT2D eigenvalue weighted by Crippen LogP contribution is 2.26. The second-order valence-corrected chi connectivity index (χ2v) is 6.19. The van der Waals surface area contributed by atoms with Crippen molar-refractivity contribution in [2.45, 2.75) is 71.1 Å². The summed E-state index contributed by atoms with van der Waals surface area (Å²) in [5.41, 5.74) is 3.06. The number of unbranched alkanes of at least 4 members (excludes halogenated alkanes) is 7. The molecule has 1 aromatic carbocycles. The van der Waals surface area contributed by atoms with E-state index >= 15 is 0 Å². The molecule has 0 fully saturated rings. The first-order valence-corrected chi connectivity index (χ1v) is 8.74. The minimum atomic E-state index is 1.26. The highest BCUT2D eigenvalue weighted by molar-refractivity contribution is 5.55. The molecule has 2 rings (SSSR count). The molecule has 1 heterocycles. The fraction of sp³-hybridized carbons (Fsp3) is 0.684. The van der Waals surface area contributed by atoms with Gasteiger partial charge in [-0.25, -0.2) is 0 Å². The fourth-order valence-electron chi connectivity index (χ4n) is 3.28. The first-order chi connectivity index (χ1) is 9.92. The number of anilines is 1. The van der Waals surface area contributed by atoms with Crippen molar-refractivity contribution < 1.29 is 0 Å². The molecule has 1 aromatic rings. The highest BCUT2D eigenvalue weighted by Gasteiger charge is 2.15. The van der Waals surface area contributed by atoms with E-state index in [-0.39, 0.29) is 0 Å². The molecule has 20 heavy (non-hydrogen) atoms. The van der Waals surface area contributed by atoms with Crippen molar-refractivity contribution in [1.82, 2.24) is 0 Å². The highest BCUT2D eigenvalue weighted by atomic mass is 15.1. The first kappa shape index (κ1) is 15.4. The first-order valence-electron chi connectivity index (χ1n) is 8.74. The maximum Gasteiger partial charge on any atom is 0.0398 e. The molecule has 0 atom stereocenters. The molecule has 112 valence electrons. The van der Waals surface area contributed by atoms with E-state index in [1.165, 1.54) is 83.0 Å². The van der Waals surface area contributed by atoms with Gasteiger partial charge in [-0.05, 0) is 30.9 Å². The molecule has 0 spiro atoms. The van der Waals surface area contributed by atoms with Crippen LogP contribution in [0.4, 0.5) is 5.69 Å². The Hall–Kier alpha value is -0.980. The van der Waals surface area contributed by atoms with Crippen molar-refractivity contribution in [2.75, 3.05) is 18.0 Å². The number of aryl methyl sites for hydroxylation is 1. The van der Waals surface area contributed by atoms with Gasteiger partial charge in [-0.3, -0.25) is 0 Å². The van der Waals surface area contributed by atoms with Gasteiger partial charge in [0.1, 0.15) is 0 Å². The smallest absolute Gasteiger partial charge is 0.0398 e. The monoisotopic (exact) mass is 273 g/mol. The number of hydrogen-bond donors (Lipinski definition) is 0. The van der Waals surface area contributed by atoms with Gasteiger partial charge in [0, 0.05) is 18.8 Å². The van der Waals surface area contributed by atoms with Crippen LogP contribution in [0.5, 0.6) is 0 Å². The van der Waals surface area contributed by atoms with Crippen molar-refractivity contribution in [3.63, 3.8) is 0 Å². The lowest BCUT2D eigenvalue weighted by Gasteiger charge is -2.31. The molecule has 0 aromatic heterocycles. The lowest BCUT2D eigenvalue weighted by Crippen LogP contribution is -2.30. The number of nitrogens with zero attached hydrogens (tertiary/aromatic N) is 1. The maximum atomic E-state index is 2.61. The van der Waals surface area contributed by atoms with E-state index in [4.69, 9.17) is 0 Å². The van der Waals surface area contributed by atoms with Crippen LogP contribution in [0.2, 0.25) is 0 Å². The zero-order chi connectivity index (χ0) is 14.0. The van der Waals surface area contributed by atoms with Crippen molar-refractivity contribution >= 4 is 5.69 Å². The lowest BCUT2D eigenvalue weighted by atomic mass is 10.0. The predicted octanol–water partition coefficient (Wildman–Crippen LogP) is 5.58. The Kier molecular flexibility index (Phi) is 6.97. The van der Waals surface area contributed by atoms with Gasteiger partial charge >= 0.3 is 0 Å². The van der Waals surface area contributed by atoms with Crippen molar-refractivity contribution in [2.24, 2.45) is 0 Å². The van der Waals surface area contributed by atoms with Crippen LogP contribution in [0, 0.1) is 0 Å². The van der Waals surface area contributed by atoms with E-state index < -0.39 is 0 Å². The summed E-state index contributed by atoms with van der Waals surface area (Å²) in [6.45, 7) is 4.80. The van der Waals surface area contributed by atoms with Gasteiger partial charge in [0.25, 0.3) is 0 Å². The third-order valence-electron chi connectivity index (χ3n) is 4.49. The summed E-state index contributed by atoms with van der Waals surface area (Å²) in [5.74, 6) is 0. The summed E-state index contributed by atoms with van der Waals surface area (Å²) in [6, 6.07) is 8.97. The number of benzene rings is 1. The summed E-state index contributed by atoms with van der Waals surface area (Å²) in [5, 5.41) is 0. The Labute approximate surface area is 125 Å². The normalized spacial score (nSPS) is 14.3. The Morgan fingerprint density at radius 1 is 0.900 bits per heavy atom. The lowest BCUT2D eigenvalue weighted by molar-refractivity contribution is 0.566. The number of hydrogen-bond acceptors (Lipinski definition) is 1. The third kappa shape index (κ3) is 4.85. The molecule has 0 saturated heterocycles. The standard InChI is InChI=1S/C19H31N/c1-2-3-4-5-6-7-8-11-16-20-17-12-14-18-13-9-10-15-19(18)20/h9-10,13,15H,2-8,11-12,14,16-17H2,1H3. The molecular weight excluding hydrogens is 242 g/mol. The van der Waals surface area contributed by atoms with Gasteiger partial charge < -0.3 is 4.90 Å². The molecule has 0 unspecified atom stereocenters. The van der Waals surface area contributed by atoms with Gasteiger partial charge in [-0.15, -0.1) is 0 Å². The Morgan fingerprint density at radius 3 is 2.40 bits per heavy atom.